The maximum Gasteiger partial charge on any atom is 0.328 e. The molecule has 152 valence electrons. The number of carbonyl (C=O) groups excluding carboxylic acids is 1. The Hall–Kier alpha value is -3.87. The van der Waals surface area contributed by atoms with Gasteiger partial charge in [0.2, 0.25) is 11.8 Å². The number of amides is 2. The minimum absolute atomic E-state index is 0.233. The van der Waals surface area contributed by atoms with Crippen LogP contribution in [0.4, 0.5) is 16.6 Å². The molecule has 2 heterocycles. The molecule has 2 amide bonds. The number of nitrogens with one attached hydrogen (secondary N) is 2. The highest BCUT2D eigenvalue weighted by atomic mass is 16.5. The topological polar surface area (TPSA) is 93.2 Å². The minimum Gasteiger partial charge on any atom is -0.338 e. The molecule has 0 aliphatic rings. The molecule has 0 radical (unpaired) electrons. The first-order valence-corrected chi connectivity index (χ1v) is 9.84. The zero-order valence-electron chi connectivity index (χ0n) is 16.8. The van der Waals surface area contributed by atoms with E-state index < -0.39 is 6.03 Å². The molecule has 4 rings (SSSR count). The second kappa shape index (κ2) is 8.65. The average molecular weight is 402 g/mol. The number of urea groups is 1. The molecule has 0 spiro atoms. The van der Waals surface area contributed by atoms with Gasteiger partial charge in [0, 0.05) is 23.3 Å². The standard InChI is InChI=1S/C23H22N4O3/c1-3-15-5-9-17(10-6-15)19-13-21(29-26-19)24-23(28)25-22-14-20(27-30-22)18-11-7-16(4-2)8-12-18/h5-14H,3-4H2,1-2H3,(H2,24,25,28). The number of hydrogen-bond acceptors (Lipinski definition) is 5. The lowest BCUT2D eigenvalue weighted by Gasteiger charge is -2.00. The smallest absolute Gasteiger partial charge is 0.328 e. The molecule has 2 aromatic heterocycles. The molecule has 0 aliphatic carbocycles. The first-order valence-electron chi connectivity index (χ1n) is 9.84. The third-order valence-corrected chi connectivity index (χ3v) is 4.81. The van der Waals surface area contributed by atoms with Gasteiger partial charge in [0.05, 0.1) is 0 Å². The summed E-state index contributed by atoms with van der Waals surface area (Å²) in [5.41, 5.74) is 5.60. The van der Waals surface area contributed by atoms with Crippen LogP contribution in [-0.4, -0.2) is 16.3 Å². The van der Waals surface area contributed by atoms with Crippen LogP contribution in [0.5, 0.6) is 0 Å². The van der Waals surface area contributed by atoms with E-state index in [0.29, 0.717) is 11.4 Å². The maximum absolute atomic E-state index is 12.2. The van der Waals surface area contributed by atoms with E-state index in [1.807, 2.05) is 48.5 Å². The van der Waals surface area contributed by atoms with E-state index in [9.17, 15) is 4.79 Å². The van der Waals surface area contributed by atoms with Crippen LogP contribution in [0.3, 0.4) is 0 Å². The summed E-state index contributed by atoms with van der Waals surface area (Å²) in [6.07, 6.45) is 1.94. The second-order valence-electron chi connectivity index (χ2n) is 6.83. The van der Waals surface area contributed by atoms with Crippen molar-refractivity contribution in [1.82, 2.24) is 10.3 Å². The second-order valence-corrected chi connectivity index (χ2v) is 6.83. The maximum atomic E-state index is 12.2. The summed E-state index contributed by atoms with van der Waals surface area (Å²) in [4.78, 5) is 12.2. The molecule has 0 fully saturated rings. The number of nitrogens with zero attached hydrogens (tertiary/aromatic N) is 2. The van der Waals surface area contributed by atoms with Crippen molar-refractivity contribution in [3.63, 3.8) is 0 Å². The van der Waals surface area contributed by atoms with Gasteiger partial charge >= 0.3 is 6.03 Å². The Bertz CT molecular complexity index is 1040. The minimum atomic E-state index is -0.511. The van der Waals surface area contributed by atoms with Crippen LogP contribution in [0, 0.1) is 0 Å². The summed E-state index contributed by atoms with van der Waals surface area (Å²) in [5, 5.41) is 13.2. The van der Waals surface area contributed by atoms with Crippen molar-refractivity contribution in [2.24, 2.45) is 0 Å². The lowest BCUT2D eigenvalue weighted by Crippen LogP contribution is -2.18. The Morgan fingerprint density at radius 2 is 1.13 bits per heavy atom. The van der Waals surface area contributed by atoms with Crippen LogP contribution >= 0.6 is 0 Å². The van der Waals surface area contributed by atoms with Crippen molar-refractivity contribution in [2.45, 2.75) is 26.7 Å². The van der Waals surface area contributed by atoms with Crippen LogP contribution in [0.25, 0.3) is 22.5 Å². The molecule has 0 saturated carbocycles. The van der Waals surface area contributed by atoms with Gasteiger partial charge in [-0.15, -0.1) is 0 Å². The van der Waals surface area contributed by atoms with Gasteiger partial charge in [-0.1, -0.05) is 72.7 Å². The molecule has 0 bridgehead atoms. The van der Waals surface area contributed by atoms with E-state index in [2.05, 4.69) is 34.8 Å². The summed E-state index contributed by atoms with van der Waals surface area (Å²) >= 11 is 0. The van der Waals surface area contributed by atoms with Gasteiger partial charge < -0.3 is 9.05 Å². The van der Waals surface area contributed by atoms with Gasteiger partial charge in [-0.2, -0.15) is 0 Å². The van der Waals surface area contributed by atoms with Crippen LogP contribution in [0.1, 0.15) is 25.0 Å². The lowest BCUT2D eigenvalue weighted by atomic mass is 10.1. The number of benzene rings is 2. The number of anilines is 2. The Morgan fingerprint density at radius 3 is 1.50 bits per heavy atom. The number of aryl methyl sites for hydroxylation is 2. The summed E-state index contributed by atoms with van der Waals surface area (Å²) < 4.78 is 10.4. The Morgan fingerprint density at radius 1 is 0.733 bits per heavy atom. The third-order valence-electron chi connectivity index (χ3n) is 4.81. The normalized spacial score (nSPS) is 10.7. The largest absolute Gasteiger partial charge is 0.338 e. The molecule has 30 heavy (non-hydrogen) atoms. The molecule has 7 nitrogen and oxygen atoms in total. The fourth-order valence-electron chi connectivity index (χ4n) is 3.02. The number of rotatable bonds is 6. The van der Waals surface area contributed by atoms with Gasteiger partial charge in [-0.25, -0.2) is 4.79 Å². The Balaban J connectivity index is 1.38. The Labute approximate surface area is 174 Å². The Kier molecular flexibility index (Phi) is 5.61. The summed E-state index contributed by atoms with van der Waals surface area (Å²) in [5.74, 6) is 0.467. The molecule has 0 aliphatic heterocycles. The van der Waals surface area contributed by atoms with Crippen molar-refractivity contribution < 1.29 is 13.8 Å². The fraction of sp³-hybridized carbons (Fsp3) is 0.174. The van der Waals surface area contributed by atoms with E-state index >= 15 is 0 Å². The zero-order valence-corrected chi connectivity index (χ0v) is 16.8. The number of carbonyl (C=O) groups is 1. The zero-order chi connectivity index (χ0) is 20.9. The van der Waals surface area contributed by atoms with Crippen molar-refractivity contribution in [2.75, 3.05) is 10.6 Å². The molecule has 2 aromatic carbocycles. The fourth-order valence-corrected chi connectivity index (χ4v) is 3.02. The molecule has 2 N–H and O–H groups in total. The predicted molar refractivity (Wildman–Crippen MR) is 115 cm³/mol. The molecule has 0 atom stereocenters. The first-order chi connectivity index (χ1) is 14.6. The van der Waals surface area contributed by atoms with Gasteiger partial charge in [-0.05, 0) is 24.0 Å². The van der Waals surface area contributed by atoms with E-state index in [4.69, 9.17) is 9.05 Å². The average Bonchev–Trinajstić information content (AvgIpc) is 3.44. The van der Waals surface area contributed by atoms with E-state index in [-0.39, 0.29) is 11.8 Å². The summed E-state index contributed by atoms with van der Waals surface area (Å²) in [6.45, 7) is 4.20. The van der Waals surface area contributed by atoms with E-state index in [1.54, 1.807) is 12.1 Å². The third kappa shape index (κ3) is 4.41. The highest BCUT2D eigenvalue weighted by molar-refractivity contribution is 5.98. The monoisotopic (exact) mass is 402 g/mol. The van der Waals surface area contributed by atoms with Gasteiger partial charge in [0.25, 0.3) is 0 Å². The molecule has 4 aromatic rings. The SMILES string of the molecule is CCc1ccc(-c2cc(NC(=O)Nc3cc(-c4ccc(CC)cc4)no3)on2)cc1. The molecular formula is C23H22N4O3. The predicted octanol–water partition coefficient (Wildman–Crippen LogP) is 5.77. The highest BCUT2D eigenvalue weighted by Gasteiger charge is 2.13. The van der Waals surface area contributed by atoms with Gasteiger partial charge in [0.15, 0.2) is 0 Å². The van der Waals surface area contributed by atoms with Crippen molar-refractivity contribution in [3.05, 3.63) is 71.8 Å². The van der Waals surface area contributed by atoms with Crippen LogP contribution in [0.2, 0.25) is 0 Å². The molecule has 0 unspecified atom stereocenters. The number of aromatic nitrogens is 2. The first kappa shape index (κ1) is 19.4. The van der Waals surface area contributed by atoms with Crippen molar-refractivity contribution in [1.29, 1.82) is 0 Å². The molecule has 7 heteroatoms. The van der Waals surface area contributed by atoms with Gasteiger partial charge in [-0.3, -0.25) is 10.6 Å². The van der Waals surface area contributed by atoms with Gasteiger partial charge in [0.1, 0.15) is 11.4 Å². The number of hydrogen-bond donors (Lipinski definition) is 2. The summed E-state index contributed by atoms with van der Waals surface area (Å²) in [6, 6.07) is 18.9. The van der Waals surface area contributed by atoms with Crippen LogP contribution in [0.15, 0.2) is 69.7 Å². The van der Waals surface area contributed by atoms with Crippen LogP contribution in [-0.2, 0) is 12.8 Å². The lowest BCUT2D eigenvalue weighted by molar-refractivity contribution is 0.260. The van der Waals surface area contributed by atoms with Crippen molar-refractivity contribution >= 4 is 17.8 Å². The van der Waals surface area contributed by atoms with E-state index in [1.165, 1.54) is 11.1 Å². The summed E-state index contributed by atoms with van der Waals surface area (Å²) in [7, 11) is 0. The van der Waals surface area contributed by atoms with Crippen molar-refractivity contribution in [3.8, 4) is 22.5 Å². The quantitative estimate of drug-likeness (QED) is 0.427. The van der Waals surface area contributed by atoms with Crippen LogP contribution < -0.4 is 10.6 Å². The highest BCUT2D eigenvalue weighted by Crippen LogP contribution is 2.24. The van der Waals surface area contributed by atoms with E-state index in [0.717, 1.165) is 24.0 Å². The molecular weight excluding hydrogens is 380 g/mol. The molecule has 0 saturated heterocycles.